The van der Waals surface area contributed by atoms with E-state index in [2.05, 4.69) is 20.3 Å². The third-order valence-corrected chi connectivity index (χ3v) is 4.26. The van der Waals surface area contributed by atoms with Crippen molar-refractivity contribution < 1.29 is 4.74 Å². The van der Waals surface area contributed by atoms with Crippen LogP contribution in [0.1, 0.15) is 11.4 Å². The Kier molecular flexibility index (Phi) is 3.62. The summed E-state index contributed by atoms with van der Waals surface area (Å²) in [6, 6.07) is 11.4. The Hall–Kier alpha value is -3.39. The fraction of sp³-hybridized carbons (Fsp3) is 0.167. The number of aryl methyl sites for hydroxylation is 1. The smallest absolute Gasteiger partial charge is 0.214 e. The maximum atomic E-state index is 6.52. The van der Waals surface area contributed by atoms with Crippen molar-refractivity contribution in [1.82, 2.24) is 19.9 Å². The van der Waals surface area contributed by atoms with Crippen molar-refractivity contribution in [3.05, 3.63) is 60.1 Å². The van der Waals surface area contributed by atoms with Gasteiger partial charge in [-0.3, -0.25) is 10.3 Å². The van der Waals surface area contributed by atoms with Crippen molar-refractivity contribution in [2.45, 2.75) is 12.7 Å². The van der Waals surface area contributed by atoms with Crippen LogP contribution in [0.25, 0.3) is 16.9 Å². The van der Waals surface area contributed by atoms with E-state index in [4.69, 9.17) is 16.2 Å². The number of pyridine rings is 1. The van der Waals surface area contributed by atoms with Crippen molar-refractivity contribution in [2.75, 3.05) is 7.11 Å². The van der Waals surface area contributed by atoms with Gasteiger partial charge in [-0.15, -0.1) is 0 Å². The van der Waals surface area contributed by atoms with E-state index < -0.39 is 5.79 Å². The summed E-state index contributed by atoms with van der Waals surface area (Å²) in [5.74, 6) is 1.08. The molecule has 0 amide bonds. The first-order chi connectivity index (χ1) is 12.5. The summed E-state index contributed by atoms with van der Waals surface area (Å²) in [6.07, 6.45) is 3.35. The molecule has 0 saturated heterocycles. The summed E-state index contributed by atoms with van der Waals surface area (Å²) in [5, 5.41) is 3.26. The quantitative estimate of drug-likeness (QED) is 0.656. The molecular weight excluding hydrogens is 330 g/mol. The zero-order chi connectivity index (χ0) is 18.3. The first-order valence-electron chi connectivity index (χ1n) is 8.09. The number of hydrogen-bond donors (Lipinski definition) is 3. The molecule has 0 aliphatic carbocycles. The normalized spacial score (nSPS) is 19.7. The second kappa shape index (κ2) is 5.85. The van der Waals surface area contributed by atoms with E-state index in [-0.39, 0.29) is 0 Å². The second-order valence-corrected chi connectivity index (χ2v) is 6.03. The Morgan fingerprint density at radius 1 is 1.19 bits per heavy atom. The lowest BCUT2D eigenvalue weighted by molar-refractivity contribution is 0.389. The topological polar surface area (TPSA) is 116 Å². The van der Waals surface area contributed by atoms with Gasteiger partial charge in [0.15, 0.2) is 0 Å². The second-order valence-electron chi connectivity index (χ2n) is 6.03. The molecule has 3 heterocycles. The van der Waals surface area contributed by atoms with Crippen LogP contribution in [-0.2, 0) is 5.79 Å². The molecule has 26 heavy (non-hydrogen) atoms. The molecule has 8 nitrogen and oxygen atoms in total. The van der Waals surface area contributed by atoms with Crippen LogP contribution in [0.15, 0.2) is 53.7 Å². The largest absolute Gasteiger partial charge is 0.481 e. The number of methoxy groups -OCH3 is 1. The van der Waals surface area contributed by atoms with Crippen molar-refractivity contribution in [2.24, 2.45) is 16.5 Å². The summed E-state index contributed by atoms with van der Waals surface area (Å²) in [7, 11) is 1.56. The van der Waals surface area contributed by atoms with Gasteiger partial charge >= 0.3 is 0 Å². The van der Waals surface area contributed by atoms with Gasteiger partial charge in [0.2, 0.25) is 11.7 Å². The zero-order valence-corrected chi connectivity index (χ0v) is 14.5. The third-order valence-electron chi connectivity index (χ3n) is 4.26. The monoisotopic (exact) mass is 349 g/mol. The maximum absolute atomic E-state index is 6.52. The van der Waals surface area contributed by atoms with Gasteiger partial charge in [-0.1, -0.05) is 12.1 Å². The van der Waals surface area contributed by atoms with Gasteiger partial charge in [0.1, 0.15) is 17.5 Å². The summed E-state index contributed by atoms with van der Waals surface area (Å²) in [4.78, 5) is 13.2. The Bertz CT molecular complexity index is 1040. The number of amidine groups is 1. The van der Waals surface area contributed by atoms with Crippen LogP contribution in [0.4, 0.5) is 0 Å². The highest BCUT2D eigenvalue weighted by molar-refractivity contribution is 5.98. The van der Waals surface area contributed by atoms with Crippen LogP contribution in [-0.4, -0.2) is 27.5 Å². The standard InChI is InChI=1S/C18H19N7O/c1-11-22-13-5-3-4-6-14(13)25(11)16-9-15(19)23-18(20,24-16)12-7-8-17(26-2)21-10-12/h3-10,24H,20H2,1-2H3,(H2,19,23). The number of nitrogens with zero attached hydrogens (tertiary/aromatic N) is 4. The van der Waals surface area contributed by atoms with Crippen LogP contribution in [0.2, 0.25) is 0 Å². The average Bonchev–Trinajstić information content (AvgIpc) is 2.96. The Morgan fingerprint density at radius 3 is 2.73 bits per heavy atom. The third kappa shape index (κ3) is 2.56. The predicted molar refractivity (Wildman–Crippen MR) is 100 cm³/mol. The van der Waals surface area contributed by atoms with Crippen molar-refractivity contribution in [1.29, 1.82) is 0 Å². The number of rotatable bonds is 3. The average molecular weight is 349 g/mol. The van der Waals surface area contributed by atoms with Gasteiger partial charge in [-0.25, -0.2) is 15.0 Å². The van der Waals surface area contributed by atoms with E-state index in [0.29, 0.717) is 23.1 Å². The summed E-state index contributed by atoms with van der Waals surface area (Å²) in [6.45, 7) is 1.93. The molecule has 1 aromatic carbocycles. The van der Waals surface area contributed by atoms with Crippen LogP contribution >= 0.6 is 0 Å². The predicted octanol–water partition coefficient (Wildman–Crippen LogP) is 1.28. The van der Waals surface area contributed by atoms with E-state index in [9.17, 15) is 0 Å². The first-order valence-corrected chi connectivity index (χ1v) is 8.09. The minimum Gasteiger partial charge on any atom is -0.481 e. The SMILES string of the molecule is COc1ccc(C2(N)N=C(N)C=C(n3c(C)nc4ccccc43)N2)cn1. The lowest BCUT2D eigenvalue weighted by Crippen LogP contribution is -2.52. The van der Waals surface area contributed by atoms with Crippen molar-refractivity contribution in [3.63, 3.8) is 0 Å². The number of benzene rings is 1. The minimum absolute atomic E-state index is 0.314. The molecule has 0 radical (unpaired) electrons. The molecule has 1 aliphatic rings. The zero-order valence-electron chi connectivity index (χ0n) is 14.5. The summed E-state index contributed by atoms with van der Waals surface area (Å²) >= 11 is 0. The molecule has 0 fully saturated rings. The highest BCUT2D eigenvalue weighted by atomic mass is 16.5. The molecule has 0 bridgehead atoms. The molecule has 1 aliphatic heterocycles. The van der Waals surface area contributed by atoms with Gasteiger partial charge in [-0.05, 0) is 25.1 Å². The summed E-state index contributed by atoms with van der Waals surface area (Å²) < 4.78 is 7.07. The number of imidazole rings is 1. The van der Waals surface area contributed by atoms with Crippen LogP contribution in [0, 0.1) is 6.92 Å². The van der Waals surface area contributed by atoms with Gasteiger partial charge in [-0.2, -0.15) is 0 Å². The van der Waals surface area contributed by atoms with Crippen molar-refractivity contribution in [3.8, 4) is 5.88 Å². The molecule has 2 aromatic heterocycles. The number of aromatic nitrogens is 3. The molecule has 132 valence electrons. The number of nitrogens with two attached hydrogens (primary N) is 2. The molecule has 3 aromatic rings. The minimum atomic E-state index is -1.24. The Morgan fingerprint density at radius 2 is 2.00 bits per heavy atom. The van der Waals surface area contributed by atoms with Crippen LogP contribution in [0.3, 0.4) is 0 Å². The number of ether oxygens (including phenoxy) is 1. The van der Waals surface area contributed by atoms with E-state index in [0.717, 1.165) is 16.9 Å². The van der Waals surface area contributed by atoms with Gasteiger partial charge in [0.05, 0.1) is 18.1 Å². The summed E-state index contributed by atoms with van der Waals surface area (Å²) in [5.41, 5.74) is 15.1. The van der Waals surface area contributed by atoms with E-state index in [1.807, 2.05) is 35.8 Å². The molecule has 0 saturated carbocycles. The van der Waals surface area contributed by atoms with Crippen molar-refractivity contribution >= 4 is 22.7 Å². The molecule has 8 heteroatoms. The molecular formula is C18H19N7O. The molecule has 5 N–H and O–H groups in total. The van der Waals surface area contributed by atoms with Gasteiger partial charge in [0, 0.05) is 23.9 Å². The number of aliphatic imine (C=N–C) groups is 1. The highest BCUT2D eigenvalue weighted by Crippen LogP contribution is 2.26. The Balaban J connectivity index is 1.79. The molecule has 0 spiro atoms. The lowest BCUT2D eigenvalue weighted by Gasteiger charge is -2.32. The number of nitrogens with one attached hydrogen (secondary N) is 1. The van der Waals surface area contributed by atoms with Crippen LogP contribution in [0.5, 0.6) is 5.88 Å². The molecule has 1 atom stereocenters. The van der Waals surface area contributed by atoms with E-state index in [1.54, 1.807) is 31.5 Å². The number of para-hydroxylation sites is 2. The molecule has 4 rings (SSSR count). The fourth-order valence-electron chi connectivity index (χ4n) is 3.07. The van der Waals surface area contributed by atoms with Gasteiger partial charge in [0.25, 0.3) is 0 Å². The molecule has 1 unspecified atom stereocenters. The number of fused-ring (bicyclic) bond motifs is 1. The highest BCUT2D eigenvalue weighted by Gasteiger charge is 2.32. The number of hydrogen-bond acceptors (Lipinski definition) is 7. The maximum Gasteiger partial charge on any atom is 0.214 e. The lowest BCUT2D eigenvalue weighted by atomic mass is 10.1. The fourth-order valence-corrected chi connectivity index (χ4v) is 3.07. The first kappa shape index (κ1) is 16.1. The van der Waals surface area contributed by atoms with E-state index >= 15 is 0 Å². The Labute approximate surface area is 150 Å². The van der Waals surface area contributed by atoms with Gasteiger partial charge < -0.3 is 15.8 Å². The van der Waals surface area contributed by atoms with Crippen LogP contribution < -0.4 is 21.5 Å². The van der Waals surface area contributed by atoms with E-state index in [1.165, 1.54) is 0 Å².